The summed E-state index contributed by atoms with van der Waals surface area (Å²) in [6, 6.07) is 0. The van der Waals surface area contributed by atoms with Gasteiger partial charge in [0.15, 0.2) is 0 Å². The summed E-state index contributed by atoms with van der Waals surface area (Å²) in [5.41, 5.74) is 2.03. The fraction of sp³-hybridized carbons (Fsp3) is 0.636. The number of hydrogen-bond donors (Lipinski definition) is 2. The molecule has 0 atom stereocenters. The van der Waals surface area contributed by atoms with E-state index >= 15 is 0 Å². The van der Waals surface area contributed by atoms with Crippen LogP contribution in [-0.2, 0) is 9.59 Å². The molecule has 2 heterocycles. The third kappa shape index (κ3) is 2.24. The zero-order valence-corrected chi connectivity index (χ0v) is 9.51. The van der Waals surface area contributed by atoms with Gasteiger partial charge >= 0.3 is 0 Å². The lowest BCUT2D eigenvalue weighted by molar-refractivity contribution is -0.127. The summed E-state index contributed by atoms with van der Waals surface area (Å²) in [6.45, 7) is 5.22. The van der Waals surface area contributed by atoms with Gasteiger partial charge in [-0.3, -0.25) is 9.59 Å². The standard InChI is InChI=1S/C11H17N3O2/c1-8(9-6-12-7-9)11(16)14-4-2-10(15)13-3-5-14/h12H,2-7H2,1H3,(H,13,15). The van der Waals surface area contributed by atoms with Crippen LogP contribution in [0.5, 0.6) is 0 Å². The molecule has 0 aromatic carbocycles. The van der Waals surface area contributed by atoms with Gasteiger partial charge in [0, 0.05) is 44.7 Å². The number of nitrogens with one attached hydrogen (secondary N) is 2. The van der Waals surface area contributed by atoms with Crippen LogP contribution in [0.25, 0.3) is 0 Å². The Hall–Kier alpha value is -1.36. The number of hydrogen-bond acceptors (Lipinski definition) is 3. The average molecular weight is 223 g/mol. The molecule has 0 saturated carbocycles. The summed E-state index contributed by atoms with van der Waals surface area (Å²) in [5.74, 6) is 0.110. The van der Waals surface area contributed by atoms with Crippen LogP contribution in [0.1, 0.15) is 13.3 Å². The second kappa shape index (κ2) is 4.65. The van der Waals surface area contributed by atoms with Crippen molar-refractivity contribution >= 4 is 11.8 Å². The monoisotopic (exact) mass is 223 g/mol. The van der Waals surface area contributed by atoms with Gasteiger partial charge in [0.1, 0.15) is 0 Å². The average Bonchev–Trinajstić information content (AvgIpc) is 2.39. The van der Waals surface area contributed by atoms with Crippen LogP contribution < -0.4 is 10.6 Å². The Morgan fingerprint density at radius 3 is 2.69 bits per heavy atom. The molecule has 88 valence electrons. The molecule has 0 unspecified atom stereocenters. The van der Waals surface area contributed by atoms with Gasteiger partial charge in [-0.25, -0.2) is 0 Å². The summed E-state index contributed by atoms with van der Waals surface area (Å²) >= 11 is 0. The highest BCUT2D eigenvalue weighted by Crippen LogP contribution is 2.12. The van der Waals surface area contributed by atoms with Crippen molar-refractivity contribution in [3.05, 3.63) is 11.1 Å². The van der Waals surface area contributed by atoms with E-state index in [1.807, 2.05) is 6.92 Å². The Kier molecular flexibility index (Phi) is 3.24. The minimum atomic E-state index is 0.0333. The molecule has 16 heavy (non-hydrogen) atoms. The summed E-state index contributed by atoms with van der Waals surface area (Å²) in [5, 5.41) is 5.89. The van der Waals surface area contributed by atoms with Gasteiger partial charge < -0.3 is 15.5 Å². The van der Waals surface area contributed by atoms with Crippen LogP contribution in [0.2, 0.25) is 0 Å². The Morgan fingerprint density at radius 2 is 2.06 bits per heavy atom. The second-order valence-electron chi connectivity index (χ2n) is 4.22. The normalized spacial score (nSPS) is 20.9. The third-order valence-electron chi connectivity index (χ3n) is 3.13. The quantitative estimate of drug-likeness (QED) is 0.575. The van der Waals surface area contributed by atoms with Crippen molar-refractivity contribution in [2.75, 3.05) is 32.7 Å². The SMILES string of the molecule is CC(C(=O)N1CCNC(=O)CC1)=C1CNC1. The maximum Gasteiger partial charge on any atom is 0.249 e. The van der Waals surface area contributed by atoms with Crippen molar-refractivity contribution < 1.29 is 9.59 Å². The predicted molar refractivity (Wildman–Crippen MR) is 59.8 cm³/mol. The molecule has 2 saturated heterocycles. The van der Waals surface area contributed by atoms with Gasteiger partial charge in [-0.05, 0) is 12.5 Å². The highest BCUT2D eigenvalue weighted by Gasteiger charge is 2.22. The third-order valence-corrected chi connectivity index (χ3v) is 3.13. The van der Waals surface area contributed by atoms with E-state index in [2.05, 4.69) is 10.6 Å². The minimum absolute atomic E-state index is 0.0333. The zero-order valence-electron chi connectivity index (χ0n) is 9.51. The fourth-order valence-electron chi connectivity index (χ4n) is 1.87. The van der Waals surface area contributed by atoms with Gasteiger partial charge in [0.25, 0.3) is 0 Å². The van der Waals surface area contributed by atoms with Crippen LogP contribution in [0, 0.1) is 0 Å². The predicted octanol–water partition coefficient (Wildman–Crippen LogP) is -0.745. The van der Waals surface area contributed by atoms with E-state index in [4.69, 9.17) is 0 Å². The molecule has 2 N–H and O–H groups in total. The Bertz CT molecular complexity index is 343. The fourth-order valence-corrected chi connectivity index (χ4v) is 1.87. The molecule has 2 fully saturated rings. The van der Waals surface area contributed by atoms with E-state index in [0.717, 1.165) is 18.7 Å². The van der Waals surface area contributed by atoms with Crippen molar-refractivity contribution in [2.45, 2.75) is 13.3 Å². The lowest BCUT2D eigenvalue weighted by Gasteiger charge is -2.25. The summed E-state index contributed by atoms with van der Waals surface area (Å²) in [7, 11) is 0. The van der Waals surface area contributed by atoms with Crippen LogP contribution >= 0.6 is 0 Å². The maximum atomic E-state index is 12.1. The molecule has 2 rings (SSSR count). The molecule has 0 aromatic heterocycles. The molecule has 0 radical (unpaired) electrons. The molecule has 0 aliphatic carbocycles. The summed E-state index contributed by atoms with van der Waals surface area (Å²) in [4.78, 5) is 25.0. The van der Waals surface area contributed by atoms with Gasteiger partial charge in [-0.1, -0.05) is 0 Å². The largest absolute Gasteiger partial charge is 0.354 e. The van der Waals surface area contributed by atoms with Crippen LogP contribution in [0.3, 0.4) is 0 Å². The Balaban J connectivity index is 2.01. The van der Waals surface area contributed by atoms with Gasteiger partial charge in [-0.15, -0.1) is 0 Å². The summed E-state index contributed by atoms with van der Waals surface area (Å²) < 4.78 is 0. The number of nitrogens with zero attached hydrogens (tertiary/aromatic N) is 1. The number of carbonyl (C=O) groups is 2. The van der Waals surface area contributed by atoms with E-state index in [1.165, 1.54) is 5.57 Å². The number of carbonyl (C=O) groups excluding carboxylic acids is 2. The number of rotatable bonds is 1. The first-order chi connectivity index (χ1) is 7.68. The van der Waals surface area contributed by atoms with Crippen LogP contribution in [0.15, 0.2) is 11.1 Å². The Morgan fingerprint density at radius 1 is 1.31 bits per heavy atom. The molecule has 0 aromatic rings. The molecule has 0 bridgehead atoms. The smallest absolute Gasteiger partial charge is 0.249 e. The van der Waals surface area contributed by atoms with E-state index in [1.54, 1.807) is 4.90 Å². The van der Waals surface area contributed by atoms with E-state index in [9.17, 15) is 9.59 Å². The molecule has 5 heteroatoms. The van der Waals surface area contributed by atoms with Crippen molar-refractivity contribution in [3.8, 4) is 0 Å². The van der Waals surface area contributed by atoms with Gasteiger partial charge in [0.2, 0.25) is 11.8 Å². The van der Waals surface area contributed by atoms with Crippen LogP contribution in [0.4, 0.5) is 0 Å². The molecular weight excluding hydrogens is 206 g/mol. The van der Waals surface area contributed by atoms with Crippen LogP contribution in [-0.4, -0.2) is 49.4 Å². The molecule has 0 spiro atoms. The maximum absolute atomic E-state index is 12.1. The molecular formula is C11H17N3O2. The van der Waals surface area contributed by atoms with Gasteiger partial charge in [0.05, 0.1) is 0 Å². The van der Waals surface area contributed by atoms with E-state index < -0.39 is 0 Å². The lowest BCUT2D eigenvalue weighted by Crippen LogP contribution is -2.40. The first-order valence-corrected chi connectivity index (χ1v) is 5.64. The molecule has 2 aliphatic rings. The first kappa shape index (κ1) is 11.1. The van der Waals surface area contributed by atoms with E-state index in [-0.39, 0.29) is 11.8 Å². The van der Waals surface area contributed by atoms with Crippen molar-refractivity contribution in [1.29, 1.82) is 0 Å². The first-order valence-electron chi connectivity index (χ1n) is 5.64. The molecule has 2 aliphatic heterocycles. The van der Waals surface area contributed by atoms with Crippen molar-refractivity contribution in [1.82, 2.24) is 15.5 Å². The zero-order chi connectivity index (χ0) is 11.5. The lowest BCUT2D eigenvalue weighted by atomic mass is 10.0. The van der Waals surface area contributed by atoms with E-state index in [0.29, 0.717) is 26.1 Å². The molecule has 5 nitrogen and oxygen atoms in total. The van der Waals surface area contributed by atoms with Crippen molar-refractivity contribution in [2.24, 2.45) is 0 Å². The Labute approximate surface area is 94.9 Å². The molecule has 2 amide bonds. The summed E-state index contributed by atoms with van der Waals surface area (Å²) in [6.07, 6.45) is 0.409. The highest BCUT2D eigenvalue weighted by atomic mass is 16.2. The topological polar surface area (TPSA) is 61.4 Å². The van der Waals surface area contributed by atoms with Crippen molar-refractivity contribution in [3.63, 3.8) is 0 Å². The number of amides is 2. The van der Waals surface area contributed by atoms with Gasteiger partial charge in [-0.2, -0.15) is 0 Å². The minimum Gasteiger partial charge on any atom is -0.354 e. The highest BCUT2D eigenvalue weighted by molar-refractivity contribution is 5.94. The second-order valence-corrected chi connectivity index (χ2v) is 4.22.